The molecule has 0 saturated heterocycles. The van der Waals surface area contributed by atoms with E-state index in [9.17, 15) is 14.3 Å². The lowest BCUT2D eigenvalue weighted by atomic mass is 10.1. The zero-order valence-corrected chi connectivity index (χ0v) is 11.4. The number of furan rings is 1. The zero-order valence-electron chi connectivity index (χ0n) is 11.4. The lowest BCUT2D eigenvalue weighted by molar-refractivity contribution is 0.213. The minimum Gasteiger partial charge on any atom is -0.469 e. The molecule has 0 aliphatic heterocycles. The highest BCUT2D eigenvalue weighted by Crippen LogP contribution is 2.12. The second-order valence-electron chi connectivity index (χ2n) is 4.65. The standard InChI is InChI=1S/C15H17FN2O3/c16-13-5-1-2-6-14(13)18-15(20)17-9-11(10-19)8-12-4-3-7-21-12/h1-7,11,19H,8-10H2,(H2,17,18,20)/t11-/m0/s1. The van der Waals surface area contributed by atoms with Gasteiger partial charge < -0.3 is 20.2 Å². The number of benzene rings is 1. The molecule has 0 bridgehead atoms. The minimum absolute atomic E-state index is 0.0827. The summed E-state index contributed by atoms with van der Waals surface area (Å²) in [5.74, 6) is 0.0785. The van der Waals surface area contributed by atoms with Crippen LogP contribution in [0.2, 0.25) is 0 Å². The molecule has 2 amide bonds. The lowest BCUT2D eigenvalue weighted by Crippen LogP contribution is -2.35. The van der Waals surface area contributed by atoms with Crippen LogP contribution in [0.3, 0.4) is 0 Å². The Morgan fingerprint density at radius 1 is 1.29 bits per heavy atom. The number of aliphatic hydroxyl groups excluding tert-OH is 1. The first kappa shape index (κ1) is 15.1. The summed E-state index contributed by atoms with van der Waals surface area (Å²) in [6.07, 6.45) is 2.07. The van der Waals surface area contributed by atoms with Gasteiger partial charge in [-0.3, -0.25) is 0 Å². The largest absolute Gasteiger partial charge is 0.469 e. The van der Waals surface area contributed by atoms with Crippen LogP contribution in [0.1, 0.15) is 5.76 Å². The summed E-state index contributed by atoms with van der Waals surface area (Å²) < 4.78 is 18.6. The predicted octanol–water partition coefficient (Wildman–Crippen LogP) is 2.39. The molecule has 2 aromatic rings. The number of urea groups is 1. The Morgan fingerprint density at radius 2 is 2.10 bits per heavy atom. The van der Waals surface area contributed by atoms with Crippen molar-refractivity contribution in [1.82, 2.24) is 5.32 Å². The number of carbonyl (C=O) groups is 1. The van der Waals surface area contributed by atoms with E-state index >= 15 is 0 Å². The average Bonchev–Trinajstić information content (AvgIpc) is 2.99. The van der Waals surface area contributed by atoms with Crippen molar-refractivity contribution in [2.45, 2.75) is 6.42 Å². The van der Waals surface area contributed by atoms with Crippen molar-refractivity contribution in [3.63, 3.8) is 0 Å². The van der Waals surface area contributed by atoms with Gasteiger partial charge >= 0.3 is 6.03 Å². The lowest BCUT2D eigenvalue weighted by Gasteiger charge is -2.14. The van der Waals surface area contributed by atoms with Crippen LogP contribution in [-0.4, -0.2) is 24.3 Å². The second kappa shape index (κ2) is 7.44. The molecule has 5 nitrogen and oxygen atoms in total. The molecule has 0 spiro atoms. The Morgan fingerprint density at radius 3 is 2.76 bits per heavy atom. The Balaban J connectivity index is 1.81. The molecule has 1 aromatic carbocycles. The van der Waals surface area contributed by atoms with Gasteiger partial charge in [0.1, 0.15) is 11.6 Å². The van der Waals surface area contributed by atoms with E-state index in [1.807, 2.05) is 6.07 Å². The van der Waals surface area contributed by atoms with Crippen molar-refractivity contribution in [3.8, 4) is 0 Å². The number of halogens is 1. The smallest absolute Gasteiger partial charge is 0.319 e. The van der Waals surface area contributed by atoms with E-state index in [-0.39, 0.29) is 24.8 Å². The fourth-order valence-corrected chi connectivity index (χ4v) is 1.88. The monoisotopic (exact) mass is 292 g/mol. The molecule has 1 heterocycles. The molecule has 6 heteroatoms. The van der Waals surface area contributed by atoms with Crippen LogP contribution in [0, 0.1) is 11.7 Å². The van der Waals surface area contributed by atoms with Gasteiger partial charge in [0.15, 0.2) is 0 Å². The third-order valence-electron chi connectivity index (χ3n) is 3.00. The van der Waals surface area contributed by atoms with Crippen LogP contribution in [0.15, 0.2) is 47.1 Å². The third-order valence-corrected chi connectivity index (χ3v) is 3.00. The molecular formula is C15H17FN2O3. The Labute approximate surface area is 121 Å². The Bertz CT molecular complexity index is 572. The predicted molar refractivity (Wildman–Crippen MR) is 76.4 cm³/mol. The zero-order chi connectivity index (χ0) is 15.1. The third kappa shape index (κ3) is 4.61. The molecule has 1 aromatic heterocycles. The summed E-state index contributed by atoms with van der Waals surface area (Å²) in [6.45, 7) is 0.179. The molecule has 2 rings (SSSR count). The van der Waals surface area contributed by atoms with Gasteiger partial charge in [0, 0.05) is 25.5 Å². The molecule has 21 heavy (non-hydrogen) atoms. The van der Waals surface area contributed by atoms with Crippen LogP contribution in [-0.2, 0) is 6.42 Å². The van der Waals surface area contributed by atoms with E-state index < -0.39 is 11.8 Å². The van der Waals surface area contributed by atoms with Gasteiger partial charge in [-0.15, -0.1) is 0 Å². The van der Waals surface area contributed by atoms with E-state index in [0.717, 1.165) is 5.76 Å². The molecule has 0 aliphatic carbocycles. The van der Waals surface area contributed by atoms with Gasteiger partial charge in [-0.25, -0.2) is 9.18 Å². The van der Waals surface area contributed by atoms with Crippen molar-refractivity contribution in [2.75, 3.05) is 18.5 Å². The highest BCUT2D eigenvalue weighted by atomic mass is 19.1. The Kier molecular flexibility index (Phi) is 5.34. The summed E-state index contributed by atoms with van der Waals surface area (Å²) in [6, 6.07) is 8.97. The maximum Gasteiger partial charge on any atom is 0.319 e. The first-order valence-corrected chi connectivity index (χ1v) is 6.61. The highest BCUT2D eigenvalue weighted by Gasteiger charge is 2.12. The molecule has 0 fully saturated rings. The van der Waals surface area contributed by atoms with E-state index in [2.05, 4.69) is 10.6 Å². The number of aliphatic hydroxyl groups is 1. The minimum atomic E-state index is -0.516. The molecule has 0 saturated carbocycles. The van der Waals surface area contributed by atoms with Crippen LogP contribution < -0.4 is 10.6 Å². The summed E-state index contributed by atoms with van der Waals surface area (Å²) in [5, 5.41) is 14.3. The first-order chi connectivity index (χ1) is 10.2. The number of amides is 2. The summed E-state index contributed by atoms with van der Waals surface area (Å²) in [4.78, 5) is 11.7. The van der Waals surface area contributed by atoms with Crippen molar-refractivity contribution in [2.24, 2.45) is 5.92 Å². The number of nitrogens with one attached hydrogen (secondary N) is 2. The fourth-order valence-electron chi connectivity index (χ4n) is 1.88. The van der Waals surface area contributed by atoms with Crippen molar-refractivity contribution in [3.05, 3.63) is 54.2 Å². The number of carbonyl (C=O) groups excluding carboxylic acids is 1. The van der Waals surface area contributed by atoms with Crippen molar-refractivity contribution < 1.29 is 18.7 Å². The molecule has 0 unspecified atom stereocenters. The van der Waals surface area contributed by atoms with Crippen molar-refractivity contribution in [1.29, 1.82) is 0 Å². The molecular weight excluding hydrogens is 275 g/mol. The van der Waals surface area contributed by atoms with E-state index in [1.54, 1.807) is 24.5 Å². The number of hydrogen-bond donors (Lipinski definition) is 3. The number of anilines is 1. The van der Waals surface area contributed by atoms with Gasteiger partial charge in [0.2, 0.25) is 0 Å². The van der Waals surface area contributed by atoms with Gasteiger partial charge in [-0.05, 0) is 24.3 Å². The summed E-state index contributed by atoms with van der Waals surface area (Å²) >= 11 is 0. The van der Waals surface area contributed by atoms with Gasteiger partial charge in [0.05, 0.1) is 12.0 Å². The molecule has 3 N–H and O–H groups in total. The normalized spacial score (nSPS) is 11.9. The quantitative estimate of drug-likeness (QED) is 0.765. The molecule has 1 atom stereocenters. The van der Waals surface area contributed by atoms with Crippen LogP contribution >= 0.6 is 0 Å². The van der Waals surface area contributed by atoms with Crippen LogP contribution in [0.4, 0.5) is 14.9 Å². The molecule has 112 valence electrons. The first-order valence-electron chi connectivity index (χ1n) is 6.61. The maximum absolute atomic E-state index is 13.4. The van der Waals surface area contributed by atoms with Crippen LogP contribution in [0.5, 0.6) is 0 Å². The number of para-hydroxylation sites is 1. The van der Waals surface area contributed by atoms with Crippen LogP contribution in [0.25, 0.3) is 0 Å². The summed E-state index contributed by atoms with van der Waals surface area (Å²) in [5.41, 5.74) is 0.113. The molecule has 0 radical (unpaired) electrons. The van der Waals surface area contributed by atoms with E-state index in [0.29, 0.717) is 6.42 Å². The average molecular weight is 292 g/mol. The number of rotatable bonds is 6. The van der Waals surface area contributed by atoms with Gasteiger partial charge in [-0.1, -0.05) is 12.1 Å². The van der Waals surface area contributed by atoms with Gasteiger partial charge in [0.25, 0.3) is 0 Å². The highest BCUT2D eigenvalue weighted by molar-refractivity contribution is 5.89. The Hall–Kier alpha value is -2.34. The van der Waals surface area contributed by atoms with Gasteiger partial charge in [-0.2, -0.15) is 0 Å². The van der Waals surface area contributed by atoms with Crippen molar-refractivity contribution >= 4 is 11.7 Å². The van der Waals surface area contributed by atoms with E-state index in [1.165, 1.54) is 12.1 Å². The summed E-state index contributed by atoms with van der Waals surface area (Å²) in [7, 11) is 0. The second-order valence-corrected chi connectivity index (χ2v) is 4.65. The number of hydrogen-bond acceptors (Lipinski definition) is 3. The van der Waals surface area contributed by atoms with E-state index in [4.69, 9.17) is 4.42 Å². The SMILES string of the molecule is O=C(NC[C@@H](CO)Cc1ccco1)Nc1ccccc1F. The topological polar surface area (TPSA) is 74.5 Å². The molecule has 0 aliphatic rings. The fraction of sp³-hybridized carbons (Fsp3) is 0.267. The maximum atomic E-state index is 13.4.